The van der Waals surface area contributed by atoms with Gasteiger partial charge in [-0.3, -0.25) is 0 Å². The molecule has 0 spiro atoms. The molecule has 8 heteroatoms. The zero-order valence-electron chi connectivity index (χ0n) is 16.6. The van der Waals surface area contributed by atoms with Crippen molar-refractivity contribution in [2.75, 3.05) is 25.6 Å². The van der Waals surface area contributed by atoms with Gasteiger partial charge in [0.15, 0.2) is 5.57 Å². The van der Waals surface area contributed by atoms with Gasteiger partial charge in [0, 0.05) is 17.5 Å². The Hall–Kier alpha value is -3.29. The molecule has 8 nitrogen and oxygen atoms in total. The number of hydrogen-bond acceptors (Lipinski definition) is 8. The normalized spacial score (nSPS) is 10.2. The van der Waals surface area contributed by atoms with Crippen LogP contribution in [-0.4, -0.2) is 37.4 Å². The van der Waals surface area contributed by atoms with E-state index in [0.29, 0.717) is 17.2 Å². The van der Waals surface area contributed by atoms with Crippen molar-refractivity contribution in [2.45, 2.75) is 27.7 Å². The first-order chi connectivity index (χ1) is 13.4. The monoisotopic (exact) mass is 388 g/mol. The fourth-order valence-corrected chi connectivity index (χ4v) is 2.64. The van der Waals surface area contributed by atoms with E-state index in [4.69, 9.17) is 18.7 Å². The van der Waals surface area contributed by atoms with E-state index in [-0.39, 0.29) is 18.8 Å². The second-order valence-corrected chi connectivity index (χ2v) is 5.76. The van der Waals surface area contributed by atoms with Crippen LogP contribution in [0.4, 0.5) is 5.69 Å². The predicted octanol–water partition coefficient (Wildman–Crippen LogP) is 3.39. The fourth-order valence-electron chi connectivity index (χ4n) is 2.64. The summed E-state index contributed by atoms with van der Waals surface area (Å²) in [6, 6.07) is 5.34. The number of rotatable bonds is 8. The average Bonchev–Trinajstić information content (AvgIpc) is 3.00. The Morgan fingerprint density at radius 2 is 1.79 bits per heavy atom. The van der Waals surface area contributed by atoms with Crippen LogP contribution in [0.3, 0.4) is 0 Å². The van der Waals surface area contributed by atoms with Gasteiger partial charge < -0.3 is 24.1 Å². The first kappa shape index (κ1) is 21.0. The van der Waals surface area contributed by atoms with Gasteiger partial charge in [0.1, 0.15) is 11.5 Å². The van der Waals surface area contributed by atoms with Crippen LogP contribution in [0.2, 0.25) is 0 Å². The van der Waals surface area contributed by atoms with Crippen LogP contribution in [0.15, 0.2) is 34.5 Å². The van der Waals surface area contributed by atoms with Crippen LogP contribution in [0.25, 0.3) is 11.1 Å². The number of hydrogen-bond donors (Lipinski definition) is 1. The Morgan fingerprint density at radius 3 is 2.29 bits per heavy atom. The third kappa shape index (κ3) is 4.70. The molecule has 0 saturated heterocycles. The molecule has 0 aliphatic rings. The summed E-state index contributed by atoms with van der Waals surface area (Å²) in [5.74, 6) is -0.219. The number of ether oxygens (including phenoxy) is 3. The van der Waals surface area contributed by atoms with Crippen LogP contribution >= 0.6 is 0 Å². The number of methoxy groups -OCH3 is 1. The molecular formula is C20H24N2O6. The second-order valence-electron chi connectivity index (χ2n) is 5.76. The van der Waals surface area contributed by atoms with Gasteiger partial charge in [-0.15, -0.1) is 0 Å². The number of esters is 2. The van der Waals surface area contributed by atoms with E-state index in [2.05, 4.69) is 10.5 Å². The smallest absolute Gasteiger partial charge is 0.347 e. The minimum Gasteiger partial charge on any atom is -0.496 e. The third-order valence-corrected chi connectivity index (χ3v) is 3.88. The van der Waals surface area contributed by atoms with E-state index in [1.807, 2.05) is 19.9 Å². The zero-order valence-corrected chi connectivity index (χ0v) is 16.6. The first-order valence-corrected chi connectivity index (χ1v) is 8.85. The van der Waals surface area contributed by atoms with Gasteiger partial charge in [-0.2, -0.15) is 0 Å². The Labute approximate surface area is 163 Å². The van der Waals surface area contributed by atoms with E-state index < -0.39 is 11.9 Å². The highest BCUT2D eigenvalue weighted by Gasteiger charge is 2.21. The lowest BCUT2D eigenvalue weighted by molar-refractivity contribution is -0.146. The number of nitrogens with zero attached hydrogens (tertiary/aromatic N) is 1. The SMILES string of the molecule is CCOC(=O)C(=CNc1ccc(OC)c(-c2c(C)noc2C)c1)C(=O)OCC. The molecular weight excluding hydrogens is 364 g/mol. The highest BCUT2D eigenvalue weighted by molar-refractivity contribution is 6.14. The Bertz CT molecular complexity index is 845. The molecule has 1 aromatic heterocycles. The maximum absolute atomic E-state index is 12.1. The number of anilines is 1. The van der Waals surface area contributed by atoms with Gasteiger partial charge in [-0.1, -0.05) is 5.16 Å². The van der Waals surface area contributed by atoms with Gasteiger partial charge in [-0.05, 0) is 45.9 Å². The van der Waals surface area contributed by atoms with Crippen molar-refractivity contribution >= 4 is 17.6 Å². The van der Waals surface area contributed by atoms with Crippen molar-refractivity contribution in [2.24, 2.45) is 0 Å². The van der Waals surface area contributed by atoms with Crippen molar-refractivity contribution in [1.82, 2.24) is 5.16 Å². The summed E-state index contributed by atoms with van der Waals surface area (Å²) in [6.45, 7) is 7.27. The van der Waals surface area contributed by atoms with Crippen molar-refractivity contribution in [1.29, 1.82) is 0 Å². The van der Waals surface area contributed by atoms with Crippen LogP contribution in [0.1, 0.15) is 25.3 Å². The number of benzene rings is 1. The van der Waals surface area contributed by atoms with E-state index in [0.717, 1.165) is 16.8 Å². The fraction of sp³-hybridized carbons (Fsp3) is 0.350. The van der Waals surface area contributed by atoms with Crippen LogP contribution in [0, 0.1) is 13.8 Å². The molecule has 150 valence electrons. The number of carbonyl (C=O) groups excluding carboxylic acids is 2. The number of carbonyl (C=O) groups is 2. The van der Waals surface area contributed by atoms with Gasteiger partial charge in [-0.25, -0.2) is 9.59 Å². The van der Waals surface area contributed by atoms with Crippen molar-refractivity contribution in [3.8, 4) is 16.9 Å². The summed E-state index contributed by atoms with van der Waals surface area (Å²) >= 11 is 0. The predicted molar refractivity (Wildman–Crippen MR) is 103 cm³/mol. The molecule has 0 bridgehead atoms. The molecule has 2 aromatic rings. The quantitative estimate of drug-likeness (QED) is 0.318. The lowest BCUT2D eigenvalue weighted by Crippen LogP contribution is -2.19. The minimum absolute atomic E-state index is 0.147. The molecule has 0 aliphatic heterocycles. The lowest BCUT2D eigenvalue weighted by Gasteiger charge is -2.12. The molecule has 0 fully saturated rings. The maximum atomic E-state index is 12.1. The molecule has 0 amide bonds. The standard InChI is InChI=1S/C20H24N2O6/c1-6-26-19(23)16(20(24)27-7-2)11-21-14-8-9-17(25-5)15(10-14)18-12(3)22-28-13(18)4/h8-11,21H,6-7H2,1-5H3. The number of nitrogens with one attached hydrogen (secondary N) is 1. The summed E-state index contributed by atoms with van der Waals surface area (Å²) < 4.78 is 20.5. The molecule has 1 N–H and O–H groups in total. The van der Waals surface area contributed by atoms with Gasteiger partial charge in [0.25, 0.3) is 0 Å². The molecule has 0 atom stereocenters. The van der Waals surface area contributed by atoms with Crippen LogP contribution in [-0.2, 0) is 19.1 Å². The second kappa shape index (κ2) is 9.59. The first-order valence-electron chi connectivity index (χ1n) is 8.85. The van der Waals surface area contributed by atoms with E-state index in [1.54, 1.807) is 33.1 Å². The third-order valence-electron chi connectivity index (χ3n) is 3.88. The lowest BCUT2D eigenvalue weighted by atomic mass is 10.0. The topological polar surface area (TPSA) is 99.9 Å². The molecule has 0 aliphatic carbocycles. The molecule has 1 heterocycles. The van der Waals surface area contributed by atoms with E-state index in [9.17, 15) is 9.59 Å². The Kier molecular flexibility index (Phi) is 7.20. The molecule has 1 aromatic carbocycles. The zero-order chi connectivity index (χ0) is 20.7. The maximum Gasteiger partial charge on any atom is 0.347 e. The van der Waals surface area contributed by atoms with Crippen molar-refractivity contribution in [3.05, 3.63) is 41.4 Å². The van der Waals surface area contributed by atoms with E-state index in [1.165, 1.54) is 6.20 Å². The minimum atomic E-state index is -0.757. The van der Waals surface area contributed by atoms with Gasteiger partial charge in [0.05, 0.1) is 31.6 Å². The average molecular weight is 388 g/mol. The summed E-state index contributed by atoms with van der Waals surface area (Å²) in [4.78, 5) is 24.1. The molecule has 0 radical (unpaired) electrons. The summed E-state index contributed by atoms with van der Waals surface area (Å²) in [5, 5.41) is 6.92. The summed E-state index contributed by atoms with van der Waals surface area (Å²) in [7, 11) is 1.57. The van der Waals surface area contributed by atoms with Crippen LogP contribution in [0.5, 0.6) is 5.75 Å². The molecule has 0 saturated carbocycles. The molecule has 2 rings (SSSR count). The Morgan fingerprint density at radius 1 is 1.14 bits per heavy atom. The number of aromatic nitrogens is 1. The molecule has 0 unspecified atom stereocenters. The van der Waals surface area contributed by atoms with Gasteiger partial charge in [0.2, 0.25) is 0 Å². The number of aryl methyl sites for hydroxylation is 2. The van der Waals surface area contributed by atoms with Gasteiger partial charge >= 0.3 is 11.9 Å². The highest BCUT2D eigenvalue weighted by atomic mass is 16.6. The van der Waals surface area contributed by atoms with Crippen LogP contribution < -0.4 is 10.1 Å². The Balaban J connectivity index is 2.39. The molecule has 28 heavy (non-hydrogen) atoms. The summed E-state index contributed by atoms with van der Waals surface area (Å²) in [6.07, 6.45) is 1.27. The summed E-state index contributed by atoms with van der Waals surface area (Å²) in [5.41, 5.74) is 2.72. The van der Waals surface area contributed by atoms with E-state index >= 15 is 0 Å². The van der Waals surface area contributed by atoms with Crippen molar-refractivity contribution in [3.63, 3.8) is 0 Å². The largest absolute Gasteiger partial charge is 0.496 e. The highest BCUT2D eigenvalue weighted by Crippen LogP contribution is 2.36. The van der Waals surface area contributed by atoms with Crippen molar-refractivity contribution < 1.29 is 28.3 Å².